The molecule has 1 fully saturated rings. The van der Waals surface area contributed by atoms with Crippen molar-refractivity contribution in [3.63, 3.8) is 0 Å². The first-order chi connectivity index (χ1) is 9.20. The molecule has 1 saturated carbocycles. The highest BCUT2D eigenvalue weighted by molar-refractivity contribution is 7.11. The SMILES string of the molecule is CC(C)NC1(c2nc3c(s2)CCCC3)CCCCC1. The second kappa shape index (κ2) is 5.53. The Hall–Kier alpha value is -0.410. The molecule has 0 saturated heterocycles. The quantitative estimate of drug-likeness (QED) is 0.897. The van der Waals surface area contributed by atoms with Gasteiger partial charge in [-0.25, -0.2) is 4.98 Å². The molecule has 106 valence electrons. The standard InChI is InChI=1S/C16H26N2S/c1-12(2)18-16(10-6-3-7-11-16)15-17-13-8-4-5-9-14(13)19-15/h12,18H,3-11H2,1-2H3. The van der Waals surface area contributed by atoms with Gasteiger partial charge in [0.15, 0.2) is 0 Å². The van der Waals surface area contributed by atoms with Crippen LogP contribution >= 0.6 is 11.3 Å². The van der Waals surface area contributed by atoms with Crippen LogP contribution < -0.4 is 5.32 Å². The number of aromatic nitrogens is 1. The largest absolute Gasteiger partial charge is 0.303 e. The summed E-state index contributed by atoms with van der Waals surface area (Å²) in [7, 11) is 0. The summed E-state index contributed by atoms with van der Waals surface area (Å²) in [6, 6.07) is 0.541. The minimum atomic E-state index is 0.189. The van der Waals surface area contributed by atoms with Gasteiger partial charge in [-0.1, -0.05) is 19.3 Å². The van der Waals surface area contributed by atoms with Crippen LogP contribution in [0, 0.1) is 0 Å². The zero-order valence-corrected chi connectivity index (χ0v) is 13.1. The zero-order chi connectivity index (χ0) is 13.3. The molecule has 0 spiro atoms. The van der Waals surface area contributed by atoms with Crippen molar-refractivity contribution in [1.82, 2.24) is 10.3 Å². The van der Waals surface area contributed by atoms with Crippen molar-refractivity contribution < 1.29 is 0 Å². The van der Waals surface area contributed by atoms with Crippen LogP contribution in [0.1, 0.15) is 74.4 Å². The third-order valence-electron chi connectivity index (χ3n) is 4.53. The monoisotopic (exact) mass is 278 g/mol. The Kier molecular flexibility index (Phi) is 3.95. The molecule has 19 heavy (non-hydrogen) atoms. The molecule has 0 radical (unpaired) electrons. The van der Waals surface area contributed by atoms with E-state index in [-0.39, 0.29) is 5.54 Å². The molecule has 0 aromatic carbocycles. The lowest BCUT2D eigenvalue weighted by atomic mass is 9.81. The highest BCUT2D eigenvalue weighted by Crippen LogP contribution is 2.41. The lowest BCUT2D eigenvalue weighted by Crippen LogP contribution is -2.47. The van der Waals surface area contributed by atoms with Gasteiger partial charge in [0.1, 0.15) is 5.01 Å². The molecule has 1 aromatic heterocycles. The first kappa shape index (κ1) is 13.6. The number of aryl methyl sites for hydroxylation is 2. The van der Waals surface area contributed by atoms with Crippen LogP contribution in [0.4, 0.5) is 0 Å². The van der Waals surface area contributed by atoms with E-state index in [4.69, 9.17) is 4.98 Å². The van der Waals surface area contributed by atoms with E-state index in [0.29, 0.717) is 6.04 Å². The minimum absolute atomic E-state index is 0.189. The molecule has 0 atom stereocenters. The number of rotatable bonds is 3. The number of hydrogen-bond acceptors (Lipinski definition) is 3. The fourth-order valence-corrected chi connectivity index (χ4v) is 5.04. The molecule has 1 heterocycles. The second-order valence-corrected chi connectivity index (χ2v) is 7.62. The summed E-state index contributed by atoms with van der Waals surface area (Å²) in [5.41, 5.74) is 1.61. The molecule has 3 heteroatoms. The van der Waals surface area contributed by atoms with E-state index in [2.05, 4.69) is 19.2 Å². The maximum Gasteiger partial charge on any atom is 0.113 e. The van der Waals surface area contributed by atoms with Crippen molar-refractivity contribution in [3.8, 4) is 0 Å². The second-order valence-electron chi connectivity index (χ2n) is 6.54. The molecule has 1 aromatic rings. The van der Waals surface area contributed by atoms with Gasteiger partial charge in [-0.3, -0.25) is 0 Å². The molecule has 3 rings (SSSR count). The van der Waals surface area contributed by atoms with Crippen LogP contribution in [0.25, 0.3) is 0 Å². The number of thiazole rings is 1. The van der Waals surface area contributed by atoms with Gasteiger partial charge in [-0.05, 0) is 52.4 Å². The van der Waals surface area contributed by atoms with E-state index in [0.717, 1.165) is 0 Å². The summed E-state index contributed by atoms with van der Waals surface area (Å²) in [5, 5.41) is 5.26. The first-order valence-corrected chi connectivity index (χ1v) is 8.78. The van der Waals surface area contributed by atoms with Crippen molar-refractivity contribution in [2.75, 3.05) is 0 Å². The summed E-state index contributed by atoms with van der Waals surface area (Å²) in [4.78, 5) is 6.64. The highest BCUT2D eigenvalue weighted by atomic mass is 32.1. The molecular formula is C16H26N2S. The van der Waals surface area contributed by atoms with Gasteiger partial charge in [-0.2, -0.15) is 0 Å². The van der Waals surface area contributed by atoms with Gasteiger partial charge in [0.2, 0.25) is 0 Å². The average Bonchev–Trinajstić information content (AvgIpc) is 2.83. The molecule has 2 aliphatic carbocycles. The van der Waals surface area contributed by atoms with Crippen molar-refractivity contribution in [3.05, 3.63) is 15.6 Å². The third kappa shape index (κ3) is 2.73. The Morgan fingerprint density at radius 1 is 1.05 bits per heavy atom. The van der Waals surface area contributed by atoms with Crippen molar-refractivity contribution in [2.24, 2.45) is 0 Å². The smallest absolute Gasteiger partial charge is 0.113 e. The molecule has 0 amide bonds. The van der Waals surface area contributed by atoms with Crippen LogP contribution in [-0.2, 0) is 18.4 Å². The van der Waals surface area contributed by atoms with Crippen molar-refractivity contribution in [1.29, 1.82) is 0 Å². The summed E-state index contributed by atoms with van der Waals surface area (Å²) < 4.78 is 0. The van der Waals surface area contributed by atoms with Gasteiger partial charge in [0, 0.05) is 10.9 Å². The summed E-state index contributed by atoms with van der Waals surface area (Å²) >= 11 is 2.01. The Bertz CT molecular complexity index is 406. The third-order valence-corrected chi connectivity index (χ3v) is 5.89. The maximum atomic E-state index is 5.06. The van der Waals surface area contributed by atoms with Gasteiger partial charge in [0.05, 0.1) is 11.2 Å². The fourth-order valence-electron chi connectivity index (χ4n) is 3.68. The average molecular weight is 278 g/mol. The molecule has 0 aliphatic heterocycles. The van der Waals surface area contributed by atoms with Gasteiger partial charge >= 0.3 is 0 Å². The molecule has 0 unspecified atom stereocenters. The lowest BCUT2D eigenvalue weighted by molar-refractivity contribution is 0.216. The van der Waals surface area contributed by atoms with Gasteiger partial charge < -0.3 is 5.32 Å². The van der Waals surface area contributed by atoms with E-state index in [1.807, 2.05) is 11.3 Å². The predicted octanol–water partition coefficient (Wildman–Crippen LogP) is 4.18. The van der Waals surface area contributed by atoms with E-state index >= 15 is 0 Å². The van der Waals surface area contributed by atoms with Gasteiger partial charge in [-0.15, -0.1) is 11.3 Å². The summed E-state index contributed by atoms with van der Waals surface area (Å²) in [6.45, 7) is 4.54. The molecule has 2 aliphatic rings. The topological polar surface area (TPSA) is 24.9 Å². The van der Waals surface area contributed by atoms with Crippen molar-refractivity contribution >= 4 is 11.3 Å². The first-order valence-electron chi connectivity index (χ1n) is 7.96. The summed E-state index contributed by atoms with van der Waals surface area (Å²) in [6.07, 6.45) is 11.8. The van der Waals surface area contributed by atoms with Crippen LogP contribution in [0.2, 0.25) is 0 Å². The predicted molar refractivity (Wildman–Crippen MR) is 81.8 cm³/mol. The van der Waals surface area contributed by atoms with E-state index in [1.54, 1.807) is 4.88 Å². The molecular weight excluding hydrogens is 252 g/mol. The number of fused-ring (bicyclic) bond motifs is 1. The van der Waals surface area contributed by atoms with Crippen LogP contribution in [0.5, 0.6) is 0 Å². The van der Waals surface area contributed by atoms with E-state index < -0.39 is 0 Å². The number of nitrogens with one attached hydrogen (secondary N) is 1. The number of nitrogens with zero attached hydrogens (tertiary/aromatic N) is 1. The molecule has 1 N–H and O–H groups in total. The molecule has 0 bridgehead atoms. The van der Waals surface area contributed by atoms with Crippen LogP contribution in [-0.4, -0.2) is 11.0 Å². The maximum absolute atomic E-state index is 5.06. The normalized spacial score (nSPS) is 22.5. The van der Waals surface area contributed by atoms with E-state index in [9.17, 15) is 0 Å². The van der Waals surface area contributed by atoms with E-state index in [1.165, 1.54) is 68.5 Å². The molecule has 2 nitrogen and oxygen atoms in total. The lowest BCUT2D eigenvalue weighted by Gasteiger charge is -2.38. The minimum Gasteiger partial charge on any atom is -0.303 e. The van der Waals surface area contributed by atoms with Gasteiger partial charge in [0.25, 0.3) is 0 Å². The number of hydrogen-bond donors (Lipinski definition) is 1. The fraction of sp³-hybridized carbons (Fsp3) is 0.812. The van der Waals surface area contributed by atoms with Crippen LogP contribution in [0.3, 0.4) is 0 Å². The van der Waals surface area contributed by atoms with Crippen LogP contribution in [0.15, 0.2) is 0 Å². The Balaban J connectivity index is 1.92. The Labute approximate surface area is 121 Å². The van der Waals surface area contributed by atoms with Crippen molar-refractivity contribution in [2.45, 2.75) is 83.2 Å². The Morgan fingerprint density at radius 2 is 1.79 bits per heavy atom. The Morgan fingerprint density at radius 3 is 2.47 bits per heavy atom. The summed E-state index contributed by atoms with van der Waals surface area (Å²) in [5.74, 6) is 0. The zero-order valence-electron chi connectivity index (χ0n) is 12.3. The highest BCUT2D eigenvalue weighted by Gasteiger charge is 2.37.